The van der Waals surface area contributed by atoms with E-state index in [4.69, 9.17) is 4.74 Å². The molecule has 0 amide bonds. The minimum Gasteiger partial charge on any atom is -0.378 e. The van der Waals surface area contributed by atoms with Crippen molar-refractivity contribution < 1.29 is 9.53 Å². The number of carbonyl (C=O) groups is 1. The van der Waals surface area contributed by atoms with Crippen LogP contribution in [0.1, 0.15) is 47.1 Å². The molecule has 1 aromatic rings. The summed E-state index contributed by atoms with van der Waals surface area (Å²) < 4.78 is 5.12. The number of hydrogen-bond acceptors (Lipinski definition) is 5. The van der Waals surface area contributed by atoms with Crippen LogP contribution >= 0.6 is 11.3 Å². The Labute approximate surface area is 125 Å². The highest BCUT2D eigenvalue weighted by molar-refractivity contribution is 7.13. The number of likely N-dealkylation sites (tertiary alicyclic amines) is 1. The molecule has 1 fully saturated rings. The number of nitrogens with zero attached hydrogens (tertiary/aromatic N) is 2. The molecule has 4 nitrogen and oxygen atoms in total. The van der Waals surface area contributed by atoms with Crippen LogP contribution in [0.25, 0.3) is 0 Å². The van der Waals surface area contributed by atoms with Crippen LogP contribution in [0.15, 0.2) is 0 Å². The molecule has 0 unspecified atom stereocenters. The summed E-state index contributed by atoms with van der Waals surface area (Å²) >= 11 is 1.53. The van der Waals surface area contributed by atoms with Gasteiger partial charge in [-0.15, -0.1) is 11.3 Å². The van der Waals surface area contributed by atoms with E-state index in [9.17, 15) is 4.79 Å². The van der Waals surface area contributed by atoms with E-state index in [1.54, 1.807) is 14.0 Å². The molecule has 0 atom stereocenters. The van der Waals surface area contributed by atoms with Crippen molar-refractivity contribution >= 4 is 17.1 Å². The van der Waals surface area contributed by atoms with Gasteiger partial charge in [0.1, 0.15) is 0 Å². The molecule has 0 radical (unpaired) electrons. The SMILES string of the molecule is COCc1nc(CCN2CCC(C)CC2)sc1C(C)=O. The fourth-order valence-electron chi connectivity index (χ4n) is 2.56. The van der Waals surface area contributed by atoms with Crippen LogP contribution in [0, 0.1) is 5.92 Å². The van der Waals surface area contributed by atoms with Gasteiger partial charge in [0.2, 0.25) is 0 Å². The van der Waals surface area contributed by atoms with E-state index in [2.05, 4.69) is 16.8 Å². The van der Waals surface area contributed by atoms with Crippen molar-refractivity contribution in [1.29, 1.82) is 0 Å². The highest BCUT2D eigenvalue weighted by Crippen LogP contribution is 2.22. The summed E-state index contributed by atoms with van der Waals surface area (Å²) in [7, 11) is 1.64. The van der Waals surface area contributed by atoms with Gasteiger partial charge in [-0.3, -0.25) is 4.79 Å². The summed E-state index contributed by atoms with van der Waals surface area (Å²) in [5, 5.41) is 1.06. The lowest BCUT2D eigenvalue weighted by atomic mass is 9.99. The second-order valence-electron chi connectivity index (χ2n) is 5.65. The van der Waals surface area contributed by atoms with Crippen molar-refractivity contribution in [2.45, 2.75) is 39.7 Å². The summed E-state index contributed by atoms with van der Waals surface area (Å²) in [6, 6.07) is 0. The third kappa shape index (κ3) is 4.11. The number of ketones is 1. The first-order valence-corrected chi connectivity index (χ1v) is 8.12. The average Bonchev–Trinajstić information content (AvgIpc) is 2.82. The molecular formula is C15H24N2O2S. The molecule has 20 heavy (non-hydrogen) atoms. The Morgan fingerprint density at radius 3 is 2.75 bits per heavy atom. The van der Waals surface area contributed by atoms with Crippen LogP contribution in [0.2, 0.25) is 0 Å². The van der Waals surface area contributed by atoms with Crippen LogP contribution in [0.3, 0.4) is 0 Å². The van der Waals surface area contributed by atoms with Crippen molar-refractivity contribution in [3.63, 3.8) is 0 Å². The van der Waals surface area contributed by atoms with Crippen LogP contribution in [0.5, 0.6) is 0 Å². The third-order valence-corrected chi connectivity index (χ3v) is 5.12. The van der Waals surface area contributed by atoms with Gasteiger partial charge in [-0.25, -0.2) is 4.98 Å². The predicted octanol–water partition coefficient (Wildman–Crippen LogP) is 2.77. The fraction of sp³-hybridized carbons (Fsp3) is 0.733. The van der Waals surface area contributed by atoms with Crippen molar-refractivity contribution in [3.8, 4) is 0 Å². The van der Waals surface area contributed by atoms with Gasteiger partial charge < -0.3 is 9.64 Å². The number of aromatic nitrogens is 1. The molecule has 1 aliphatic rings. The summed E-state index contributed by atoms with van der Waals surface area (Å²) in [4.78, 5) is 19.4. The molecule has 0 N–H and O–H groups in total. The summed E-state index contributed by atoms with van der Waals surface area (Å²) in [5.74, 6) is 0.955. The van der Waals surface area contributed by atoms with Crippen LogP contribution in [0.4, 0.5) is 0 Å². The Balaban J connectivity index is 1.92. The van der Waals surface area contributed by atoms with Crippen LogP contribution in [-0.2, 0) is 17.8 Å². The zero-order valence-electron chi connectivity index (χ0n) is 12.6. The van der Waals surface area contributed by atoms with E-state index in [-0.39, 0.29) is 5.78 Å². The van der Waals surface area contributed by atoms with E-state index in [0.29, 0.717) is 6.61 Å². The molecule has 0 aliphatic carbocycles. The van der Waals surface area contributed by atoms with Gasteiger partial charge in [0.15, 0.2) is 5.78 Å². The topological polar surface area (TPSA) is 42.4 Å². The average molecular weight is 296 g/mol. The van der Waals surface area contributed by atoms with Gasteiger partial charge in [0.05, 0.1) is 22.2 Å². The zero-order valence-corrected chi connectivity index (χ0v) is 13.5. The molecule has 2 heterocycles. The van der Waals surface area contributed by atoms with Gasteiger partial charge in [0.25, 0.3) is 0 Å². The number of ether oxygens (including phenoxy) is 1. The predicted molar refractivity (Wildman–Crippen MR) is 81.4 cm³/mol. The van der Waals surface area contributed by atoms with E-state index in [1.807, 2.05) is 0 Å². The second-order valence-corrected chi connectivity index (χ2v) is 6.73. The Bertz CT molecular complexity index is 451. The number of piperidine rings is 1. The maximum atomic E-state index is 11.6. The normalized spacial score (nSPS) is 17.6. The Morgan fingerprint density at radius 2 is 2.15 bits per heavy atom. The van der Waals surface area contributed by atoms with E-state index >= 15 is 0 Å². The van der Waals surface area contributed by atoms with Crippen molar-refractivity contribution in [2.75, 3.05) is 26.7 Å². The monoisotopic (exact) mass is 296 g/mol. The smallest absolute Gasteiger partial charge is 0.171 e. The molecule has 1 aliphatic heterocycles. The number of hydrogen-bond donors (Lipinski definition) is 0. The number of carbonyl (C=O) groups excluding carboxylic acids is 1. The molecule has 112 valence electrons. The third-order valence-electron chi connectivity index (χ3n) is 3.86. The summed E-state index contributed by atoms with van der Waals surface area (Å²) in [6.45, 7) is 7.78. The number of thiazole rings is 1. The molecule has 5 heteroatoms. The van der Waals surface area contributed by atoms with Crippen molar-refractivity contribution in [1.82, 2.24) is 9.88 Å². The summed E-state index contributed by atoms with van der Waals surface area (Å²) in [6.07, 6.45) is 3.53. The molecule has 0 bridgehead atoms. The largest absolute Gasteiger partial charge is 0.378 e. The van der Waals surface area contributed by atoms with Gasteiger partial charge in [0, 0.05) is 27.0 Å². The van der Waals surface area contributed by atoms with Gasteiger partial charge in [-0.1, -0.05) is 6.92 Å². The molecule has 2 rings (SSSR count). The quantitative estimate of drug-likeness (QED) is 0.757. The maximum Gasteiger partial charge on any atom is 0.171 e. The Hall–Kier alpha value is -0.780. The maximum absolute atomic E-state index is 11.6. The number of Topliss-reactive ketones (excluding diaryl/α,β-unsaturated/α-hetero) is 1. The number of rotatable bonds is 6. The first kappa shape index (κ1) is 15.6. The molecular weight excluding hydrogens is 272 g/mol. The molecule has 1 saturated heterocycles. The first-order chi connectivity index (χ1) is 9.60. The van der Waals surface area contributed by atoms with E-state index in [1.165, 1.54) is 37.3 Å². The Kier molecular flexibility index (Phi) is 5.69. The minimum absolute atomic E-state index is 0.0904. The lowest BCUT2D eigenvalue weighted by molar-refractivity contribution is 0.101. The van der Waals surface area contributed by atoms with E-state index < -0.39 is 0 Å². The number of methoxy groups -OCH3 is 1. The van der Waals surface area contributed by atoms with Crippen molar-refractivity contribution in [3.05, 3.63) is 15.6 Å². The molecule has 0 aromatic carbocycles. The van der Waals surface area contributed by atoms with Crippen molar-refractivity contribution in [2.24, 2.45) is 5.92 Å². The van der Waals surface area contributed by atoms with Gasteiger partial charge in [-0.2, -0.15) is 0 Å². The molecule has 0 saturated carbocycles. The van der Waals surface area contributed by atoms with Gasteiger partial charge in [-0.05, 0) is 31.8 Å². The standard InChI is InChI=1S/C15H24N2O2S/c1-11-4-7-17(8-5-11)9-6-14-16-13(10-19-3)15(20-14)12(2)18/h11H,4-10H2,1-3H3. The lowest BCUT2D eigenvalue weighted by Gasteiger charge is -2.29. The Morgan fingerprint density at radius 1 is 1.45 bits per heavy atom. The highest BCUT2D eigenvalue weighted by Gasteiger charge is 2.18. The fourth-order valence-corrected chi connectivity index (χ4v) is 3.51. The highest BCUT2D eigenvalue weighted by atomic mass is 32.1. The second kappa shape index (κ2) is 7.29. The summed E-state index contributed by atoms with van der Waals surface area (Å²) in [5.41, 5.74) is 0.798. The first-order valence-electron chi connectivity index (χ1n) is 7.31. The van der Waals surface area contributed by atoms with Crippen LogP contribution in [-0.4, -0.2) is 42.4 Å². The van der Waals surface area contributed by atoms with E-state index in [0.717, 1.165) is 34.5 Å². The molecule has 0 spiro atoms. The van der Waals surface area contributed by atoms with Gasteiger partial charge >= 0.3 is 0 Å². The lowest BCUT2D eigenvalue weighted by Crippen LogP contribution is -2.34. The zero-order chi connectivity index (χ0) is 14.5. The van der Waals surface area contributed by atoms with Crippen LogP contribution < -0.4 is 0 Å². The molecule has 1 aromatic heterocycles. The minimum atomic E-state index is 0.0904.